The molecule has 5 nitrogen and oxygen atoms in total. The van der Waals surface area contributed by atoms with Crippen LogP contribution in [0.3, 0.4) is 0 Å². The van der Waals surface area contributed by atoms with E-state index in [1.54, 1.807) is 7.05 Å². The Morgan fingerprint density at radius 2 is 2.12 bits per heavy atom. The molecule has 140 valence electrons. The molecule has 1 fully saturated rings. The zero-order valence-electron chi connectivity index (χ0n) is 14.4. The highest BCUT2D eigenvalue weighted by Gasteiger charge is 2.27. The predicted octanol–water partition coefficient (Wildman–Crippen LogP) is 4.07. The topological polar surface area (TPSA) is 53.9 Å². The second-order valence-electron chi connectivity index (χ2n) is 5.65. The number of hydrogen-bond acceptors (Lipinski definition) is 3. The van der Waals surface area contributed by atoms with Crippen LogP contribution in [0.25, 0.3) is 0 Å². The van der Waals surface area contributed by atoms with Gasteiger partial charge in [0.25, 0.3) is 0 Å². The third-order valence-corrected chi connectivity index (χ3v) is 4.92. The van der Waals surface area contributed by atoms with Crippen molar-refractivity contribution in [3.8, 4) is 0 Å². The largest absolute Gasteiger partial charge is 0.466 e. The van der Waals surface area contributed by atoms with Crippen LogP contribution in [0.1, 0.15) is 25.3 Å². The Morgan fingerprint density at radius 3 is 2.68 bits per heavy atom. The van der Waals surface area contributed by atoms with Gasteiger partial charge in [-0.3, -0.25) is 9.79 Å². The van der Waals surface area contributed by atoms with E-state index in [-0.39, 0.29) is 35.9 Å². The highest BCUT2D eigenvalue weighted by atomic mass is 127. The minimum atomic E-state index is -0.0817. The van der Waals surface area contributed by atoms with Gasteiger partial charge in [-0.25, -0.2) is 0 Å². The van der Waals surface area contributed by atoms with E-state index in [0.717, 1.165) is 41.9 Å². The third kappa shape index (κ3) is 6.60. The van der Waals surface area contributed by atoms with E-state index < -0.39 is 0 Å². The van der Waals surface area contributed by atoms with Gasteiger partial charge in [0.15, 0.2) is 5.96 Å². The second-order valence-corrected chi connectivity index (χ2v) is 6.97. The van der Waals surface area contributed by atoms with Crippen molar-refractivity contribution < 1.29 is 9.53 Å². The molecule has 0 spiro atoms. The molecule has 0 unspecified atom stereocenters. The average Bonchev–Trinajstić information content (AvgIpc) is 2.58. The van der Waals surface area contributed by atoms with Crippen LogP contribution in [0.15, 0.2) is 27.7 Å². The van der Waals surface area contributed by atoms with Crippen LogP contribution in [-0.4, -0.2) is 43.6 Å². The molecule has 0 bridgehead atoms. The van der Waals surface area contributed by atoms with Crippen LogP contribution in [0, 0.1) is 5.92 Å². The van der Waals surface area contributed by atoms with Crippen molar-refractivity contribution in [2.75, 3.05) is 26.7 Å². The van der Waals surface area contributed by atoms with E-state index in [0.29, 0.717) is 18.2 Å². The van der Waals surface area contributed by atoms with Gasteiger partial charge < -0.3 is 15.0 Å². The van der Waals surface area contributed by atoms with Gasteiger partial charge in [-0.1, -0.05) is 33.6 Å². The van der Waals surface area contributed by atoms with Crippen LogP contribution in [-0.2, 0) is 16.1 Å². The molecule has 0 radical (unpaired) electrons. The fourth-order valence-electron chi connectivity index (χ4n) is 2.76. The van der Waals surface area contributed by atoms with Crippen LogP contribution in [0.5, 0.6) is 0 Å². The first-order valence-corrected chi connectivity index (χ1v) is 9.28. The molecule has 1 N–H and O–H groups in total. The Balaban J connectivity index is 0.00000312. The molecule has 0 atom stereocenters. The third-order valence-electron chi connectivity index (χ3n) is 4.08. The highest BCUT2D eigenvalue weighted by molar-refractivity contribution is 14.0. The standard InChI is InChI=1S/C17H23BrClN3O2.HI/c1-3-24-16(23)12-6-8-22(9-7-12)17(20-2)21-11-13-4-5-14(18)10-15(13)19;/h4-5,10,12H,3,6-9,11H2,1-2H3,(H,20,21);1H. The summed E-state index contributed by atoms with van der Waals surface area (Å²) in [4.78, 5) is 18.3. The molecule has 0 aromatic heterocycles. The summed E-state index contributed by atoms with van der Waals surface area (Å²) in [5.41, 5.74) is 1.02. The Bertz CT molecular complexity index is 608. The number of piperidine rings is 1. The van der Waals surface area contributed by atoms with Crippen molar-refractivity contribution in [1.82, 2.24) is 10.2 Å². The second kappa shape index (κ2) is 11.2. The Kier molecular flexibility index (Phi) is 10.1. The number of nitrogens with one attached hydrogen (secondary N) is 1. The lowest BCUT2D eigenvalue weighted by Crippen LogP contribution is -2.46. The SMILES string of the molecule is CCOC(=O)C1CCN(C(=NC)NCc2ccc(Br)cc2Cl)CC1.I. The molecular formula is C17H24BrClIN3O2. The maximum absolute atomic E-state index is 11.8. The zero-order chi connectivity index (χ0) is 17.5. The van der Waals surface area contributed by atoms with E-state index in [1.165, 1.54) is 0 Å². The molecule has 2 rings (SSSR count). The van der Waals surface area contributed by atoms with Gasteiger partial charge in [0.1, 0.15) is 0 Å². The molecule has 1 saturated heterocycles. The number of halogens is 3. The number of guanidine groups is 1. The zero-order valence-corrected chi connectivity index (χ0v) is 19.1. The molecule has 1 aliphatic heterocycles. The molecule has 0 aliphatic carbocycles. The van der Waals surface area contributed by atoms with Crippen molar-refractivity contribution in [2.24, 2.45) is 10.9 Å². The number of carbonyl (C=O) groups is 1. The maximum atomic E-state index is 11.8. The summed E-state index contributed by atoms with van der Waals surface area (Å²) in [6.07, 6.45) is 1.58. The van der Waals surface area contributed by atoms with E-state index in [4.69, 9.17) is 16.3 Å². The lowest BCUT2D eigenvalue weighted by molar-refractivity contribution is -0.149. The van der Waals surface area contributed by atoms with Crippen molar-refractivity contribution in [3.05, 3.63) is 33.3 Å². The minimum Gasteiger partial charge on any atom is -0.466 e. The summed E-state index contributed by atoms with van der Waals surface area (Å²) in [7, 11) is 1.77. The lowest BCUT2D eigenvalue weighted by Gasteiger charge is -2.33. The fourth-order valence-corrected chi connectivity index (χ4v) is 3.50. The van der Waals surface area contributed by atoms with Gasteiger partial charge in [-0.2, -0.15) is 0 Å². The summed E-state index contributed by atoms with van der Waals surface area (Å²) < 4.78 is 6.07. The van der Waals surface area contributed by atoms with E-state index >= 15 is 0 Å². The number of carbonyl (C=O) groups excluding carboxylic acids is 1. The van der Waals surface area contributed by atoms with Crippen LogP contribution < -0.4 is 5.32 Å². The molecule has 0 saturated carbocycles. The molecule has 25 heavy (non-hydrogen) atoms. The number of nitrogens with zero attached hydrogens (tertiary/aromatic N) is 2. The molecule has 1 aliphatic rings. The van der Waals surface area contributed by atoms with Crippen molar-refractivity contribution in [1.29, 1.82) is 0 Å². The Labute approximate surface area is 179 Å². The number of rotatable bonds is 4. The first kappa shape index (κ1) is 22.5. The number of likely N-dealkylation sites (tertiary alicyclic amines) is 1. The van der Waals surface area contributed by atoms with Crippen LogP contribution >= 0.6 is 51.5 Å². The first-order valence-electron chi connectivity index (χ1n) is 8.11. The number of esters is 1. The quantitative estimate of drug-likeness (QED) is 0.269. The number of aliphatic imine (C=N–C) groups is 1. The van der Waals surface area contributed by atoms with Crippen LogP contribution in [0.2, 0.25) is 5.02 Å². The van der Waals surface area contributed by atoms with E-state index in [1.807, 2.05) is 25.1 Å². The highest BCUT2D eigenvalue weighted by Crippen LogP contribution is 2.22. The molecular weight excluding hydrogens is 520 g/mol. The van der Waals surface area contributed by atoms with Gasteiger partial charge in [0.05, 0.1) is 12.5 Å². The summed E-state index contributed by atoms with van der Waals surface area (Å²) in [6, 6.07) is 5.84. The molecule has 1 heterocycles. The molecule has 0 amide bonds. The monoisotopic (exact) mass is 543 g/mol. The predicted molar refractivity (Wildman–Crippen MR) is 116 cm³/mol. The summed E-state index contributed by atoms with van der Waals surface area (Å²) >= 11 is 9.66. The summed E-state index contributed by atoms with van der Waals surface area (Å²) in [6.45, 7) is 4.47. The summed E-state index contributed by atoms with van der Waals surface area (Å²) in [5, 5.41) is 4.06. The Morgan fingerprint density at radius 1 is 1.44 bits per heavy atom. The summed E-state index contributed by atoms with van der Waals surface area (Å²) in [5.74, 6) is 0.748. The van der Waals surface area contributed by atoms with Gasteiger partial charge in [0.2, 0.25) is 0 Å². The maximum Gasteiger partial charge on any atom is 0.309 e. The number of hydrogen-bond donors (Lipinski definition) is 1. The molecule has 1 aromatic rings. The lowest BCUT2D eigenvalue weighted by atomic mass is 9.97. The number of ether oxygens (including phenoxy) is 1. The van der Waals surface area contributed by atoms with Gasteiger partial charge in [-0.05, 0) is 37.5 Å². The van der Waals surface area contributed by atoms with E-state index in [2.05, 4.69) is 31.1 Å². The van der Waals surface area contributed by atoms with Gasteiger partial charge in [0, 0.05) is 36.2 Å². The molecule has 8 heteroatoms. The number of benzene rings is 1. The van der Waals surface area contributed by atoms with Gasteiger partial charge >= 0.3 is 5.97 Å². The van der Waals surface area contributed by atoms with Crippen LogP contribution in [0.4, 0.5) is 0 Å². The first-order chi connectivity index (χ1) is 11.5. The van der Waals surface area contributed by atoms with E-state index in [9.17, 15) is 4.79 Å². The minimum absolute atomic E-state index is 0. The smallest absolute Gasteiger partial charge is 0.309 e. The van der Waals surface area contributed by atoms with Gasteiger partial charge in [-0.15, -0.1) is 24.0 Å². The fraction of sp³-hybridized carbons (Fsp3) is 0.529. The molecule has 1 aromatic carbocycles. The van der Waals surface area contributed by atoms with Crippen molar-refractivity contribution >= 4 is 63.4 Å². The Hall–Kier alpha value is -0.540. The van der Waals surface area contributed by atoms with Crippen molar-refractivity contribution in [3.63, 3.8) is 0 Å². The average molecular weight is 545 g/mol. The van der Waals surface area contributed by atoms with Crippen molar-refractivity contribution in [2.45, 2.75) is 26.3 Å². The normalized spacial score (nSPS) is 15.5.